The molecule has 3 aromatic carbocycles. The van der Waals surface area contributed by atoms with Gasteiger partial charge in [-0.25, -0.2) is 0 Å². The van der Waals surface area contributed by atoms with Gasteiger partial charge in [-0.2, -0.15) is 0 Å². The van der Waals surface area contributed by atoms with Crippen molar-refractivity contribution in [3.63, 3.8) is 0 Å². The van der Waals surface area contributed by atoms with Crippen molar-refractivity contribution in [3.8, 4) is 5.75 Å². The van der Waals surface area contributed by atoms with E-state index in [0.29, 0.717) is 17.9 Å². The molecule has 168 valence electrons. The Labute approximate surface area is 190 Å². The number of anilines is 1. The van der Waals surface area contributed by atoms with E-state index < -0.39 is 6.10 Å². The Morgan fingerprint density at radius 2 is 1.62 bits per heavy atom. The molecule has 3 rings (SSSR count). The maximum atomic E-state index is 12.7. The highest BCUT2D eigenvalue weighted by Crippen LogP contribution is 2.20. The zero-order valence-electron chi connectivity index (χ0n) is 18.6. The highest BCUT2D eigenvalue weighted by Gasteiger charge is 2.16. The van der Waals surface area contributed by atoms with Crippen molar-refractivity contribution in [1.29, 1.82) is 0 Å². The fourth-order valence-corrected chi connectivity index (χ4v) is 3.49. The second-order valence-electron chi connectivity index (χ2n) is 7.86. The number of nitrogens with zero attached hydrogens (tertiary/aromatic N) is 1. The number of carbonyl (C=O) groups is 1. The summed E-state index contributed by atoms with van der Waals surface area (Å²) in [4.78, 5) is 15.0. The minimum atomic E-state index is -0.666. The third-order valence-corrected chi connectivity index (χ3v) is 5.14. The summed E-state index contributed by atoms with van der Waals surface area (Å²) >= 11 is 0. The maximum absolute atomic E-state index is 12.7. The predicted octanol–water partition coefficient (Wildman–Crippen LogP) is 4.98. The van der Waals surface area contributed by atoms with E-state index in [1.807, 2.05) is 54.6 Å². The fourth-order valence-electron chi connectivity index (χ4n) is 3.49. The number of ether oxygens (including phenoxy) is 1. The lowest BCUT2D eigenvalue weighted by Crippen LogP contribution is -2.36. The molecule has 32 heavy (non-hydrogen) atoms. The van der Waals surface area contributed by atoms with Gasteiger partial charge in [0.05, 0.1) is 5.56 Å². The average molecular weight is 433 g/mol. The molecule has 5 nitrogen and oxygen atoms in total. The standard InChI is InChI=1S/C27H32N2O3/c1-2-3-18-29(19-22-12-6-4-7-13-22)20-24(30)21-32-26-17-11-10-16-25(26)27(31)28-23-14-8-5-9-15-23/h4-17,24,30H,2-3,18-21H2,1H3,(H,28,31). The molecule has 2 N–H and O–H groups in total. The van der Waals surface area contributed by atoms with Gasteiger partial charge in [0.1, 0.15) is 18.5 Å². The highest BCUT2D eigenvalue weighted by molar-refractivity contribution is 6.06. The van der Waals surface area contributed by atoms with Crippen LogP contribution < -0.4 is 10.1 Å². The Morgan fingerprint density at radius 3 is 2.34 bits per heavy atom. The van der Waals surface area contributed by atoms with Crippen LogP contribution in [0.5, 0.6) is 5.75 Å². The first-order chi connectivity index (χ1) is 15.7. The number of nitrogens with one attached hydrogen (secondary N) is 1. The van der Waals surface area contributed by atoms with E-state index in [1.54, 1.807) is 18.2 Å². The molecule has 1 atom stereocenters. The lowest BCUT2D eigenvalue weighted by molar-refractivity contribution is 0.0644. The molecule has 0 aliphatic rings. The molecule has 3 aromatic rings. The first-order valence-electron chi connectivity index (χ1n) is 11.2. The summed E-state index contributed by atoms with van der Waals surface area (Å²) in [6, 6.07) is 26.7. The zero-order chi connectivity index (χ0) is 22.6. The largest absolute Gasteiger partial charge is 0.490 e. The number of carbonyl (C=O) groups excluding carboxylic acids is 1. The summed E-state index contributed by atoms with van der Waals surface area (Å²) in [6.07, 6.45) is 1.51. The summed E-state index contributed by atoms with van der Waals surface area (Å²) in [5, 5.41) is 13.5. The number of benzene rings is 3. The summed E-state index contributed by atoms with van der Waals surface area (Å²) in [7, 11) is 0. The normalized spacial score (nSPS) is 11.8. The molecule has 0 fully saturated rings. The van der Waals surface area contributed by atoms with E-state index in [4.69, 9.17) is 4.74 Å². The number of hydrogen-bond donors (Lipinski definition) is 2. The maximum Gasteiger partial charge on any atom is 0.259 e. The lowest BCUT2D eigenvalue weighted by atomic mass is 10.1. The van der Waals surface area contributed by atoms with Crippen molar-refractivity contribution >= 4 is 11.6 Å². The van der Waals surface area contributed by atoms with Crippen molar-refractivity contribution in [2.75, 3.05) is 25.0 Å². The number of aliphatic hydroxyl groups excluding tert-OH is 1. The Hall–Kier alpha value is -3.15. The van der Waals surface area contributed by atoms with Crippen LogP contribution in [-0.4, -0.2) is 41.7 Å². The Bertz CT molecular complexity index is 947. The number of amides is 1. The van der Waals surface area contributed by atoms with Crippen LogP contribution in [0.4, 0.5) is 5.69 Å². The Balaban J connectivity index is 1.58. The van der Waals surface area contributed by atoms with Gasteiger partial charge in [-0.3, -0.25) is 9.69 Å². The number of para-hydroxylation sites is 2. The topological polar surface area (TPSA) is 61.8 Å². The molecule has 1 unspecified atom stereocenters. The average Bonchev–Trinajstić information content (AvgIpc) is 2.82. The summed E-state index contributed by atoms with van der Waals surface area (Å²) in [6.45, 7) is 4.49. The molecule has 0 saturated carbocycles. The molecule has 1 amide bonds. The Kier molecular flexibility index (Phi) is 9.29. The summed E-state index contributed by atoms with van der Waals surface area (Å²) in [5.74, 6) is 0.220. The fraction of sp³-hybridized carbons (Fsp3) is 0.296. The molecule has 0 radical (unpaired) electrons. The molecule has 0 saturated heterocycles. The molecule has 0 aliphatic carbocycles. The van der Waals surface area contributed by atoms with Gasteiger partial charge in [0, 0.05) is 18.8 Å². The molecule has 0 bridgehead atoms. The van der Waals surface area contributed by atoms with Gasteiger partial charge in [-0.05, 0) is 42.8 Å². The van der Waals surface area contributed by atoms with Crippen LogP contribution in [0.3, 0.4) is 0 Å². The van der Waals surface area contributed by atoms with Gasteiger partial charge in [0.2, 0.25) is 0 Å². The van der Waals surface area contributed by atoms with Gasteiger partial charge in [-0.1, -0.05) is 74.0 Å². The minimum Gasteiger partial charge on any atom is -0.490 e. The van der Waals surface area contributed by atoms with Crippen molar-refractivity contribution < 1.29 is 14.6 Å². The number of hydrogen-bond acceptors (Lipinski definition) is 4. The second-order valence-corrected chi connectivity index (χ2v) is 7.86. The van der Waals surface area contributed by atoms with Crippen molar-refractivity contribution in [2.24, 2.45) is 0 Å². The van der Waals surface area contributed by atoms with Crippen molar-refractivity contribution in [2.45, 2.75) is 32.4 Å². The van der Waals surface area contributed by atoms with E-state index in [1.165, 1.54) is 5.56 Å². The van der Waals surface area contributed by atoms with Gasteiger partial charge >= 0.3 is 0 Å². The van der Waals surface area contributed by atoms with E-state index in [9.17, 15) is 9.90 Å². The smallest absolute Gasteiger partial charge is 0.259 e. The number of rotatable bonds is 12. The first-order valence-corrected chi connectivity index (χ1v) is 11.2. The molecule has 0 aromatic heterocycles. The molecule has 5 heteroatoms. The van der Waals surface area contributed by atoms with Crippen molar-refractivity contribution in [1.82, 2.24) is 4.90 Å². The summed E-state index contributed by atoms with van der Waals surface area (Å²) < 4.78 is 5.88. The lowest BCUT2D eigenvalue weighted by Gasteiger charge is -2.25. The van der Waals surface area contributed by atoms with E-state index in [2.05, 4.69) is 29.3 Å². The third kappa shape index (κ3) is 7.52. The van der Waals surface area contributed by atoms with Crippen LogP contribution in [0, 0.1) is 0 Å². The Morgan fingerprint density at radius 1 is 0.969 bits per heavy atom. The van der Waals surface area contributed by atoms with Crippen LogP contribution in [0.25, 0.3) is 0 Å². The minimum absolute atomic E-state index is 0.118. The molecule has 0 heterocycles. The van der Waals surface area contributed by atoms with Gasteiger partial charge < -0.3 is 15.2 Å². The second kappa shape index (κ2) is 12.6. The van der Waals surface area contributed by atoms with Crippen LogP contribution >= 0.6 is 0 Å². The van der Waals surface area contributed by atoms with Crippen LogP contribution in [-0.2, 0) is 6.54 Å². The van der Waals surface area contributed by atoms with Gasteiger partial charge in [-0.15, -0.1) is 0 Å². The monoisotopic (exact) mass is 432 g/mol. The first kappa shape index (κ1) is 23.5. The molecular weight excluding hydrogens is 400 g/mol. The van der Waals surface area contributed by atoms with Crippen LogP contribution in [0.2, 0.25) is 0 Å². The van der Waals surface area contributed by atoms with Crippen LogP contribution in [0.1, 0.15) is 35.7 Å². The summed E-state index contributed by atoms with van der Waals surface area (Å²) in [5.41, 5.74) is 2.38. The van der Waals surface area contributed by atoms with Crippen molar-refractivity contribution in [3.05, 3.63) is 96.1 Å². The highest BCUT2D eigenvalue weighted by atomic mass is 16.5. The van der Waals surface area contributed by atoms with Crippen LogP contribution in [0.15, 0.2) is 84.9 Å². The number of aliphatic hydroxyl groups is 1. The van der Waals surface area contributed by atoms with Gasteiger partial charge in [0.25, 0.3) is 5.91 Å². The molecule has 0 spiro atoms. The number of unbranched alkanes of at least 4 members (excludes halogenated alkanes) is 1. The quantitative estimate of drug-likeness (QED) is 0.424. The van der Waals surface area contributed by atoms with E-state index in [-0.39, 0.29) is 12.5 Å². The molecule has 0 aliphatic heterocycles. The van der Waals surface area contributed by atoms with E-state index in [0.717, 1.165) is 31.6 Å². The third-order valence-electron chi connectivity index (χ3n) is 5.14. The van der Waals surface area contributed by atoms with E-state index >= 15 is 0 Å². The molecular formula is C27H32N2O3. The SMILES string of the molecule is CCCCN(Cc1ccccc1)CC(O)COc1ccccc1C(=O)Nc1ccccc1. The zero-order valence-corrected chi connectivity index (χ0v) is 18.6. The predicted molar refractivity (Wildman–Crippen MR) is 129 cm³/mol. The van der Waals surface area contributed by atoms with Gasteiger partial charge in [0.15, 0.2) is 0 Å².